The third-order valence-corrected chi connectivity index (χ3v) is 12.1. The highest BCUT2D eigenvalue weighted by atomic mass is 15.2. The average molecular weight is 627 g/mol. The molecule has 0 aromatic heterocycles. The van der Waals surface area contributed by atoms with Crippen molar-refractivity contribution >= 4 is 22.5 Å². The van der Waals surface area contributed by atoms with E-state index >= 15 is 0 Å². The molecular weight excluding hydrogens is 581 g/mol. The second kappa shape index (κ2) is 11.5. The van der Waals surface area contributed by atoms with Crippen LogP contribution in [0.4, 0.5) is 11.4 Å². The lowest BCUT2D eigenvalue weighted by molar-refractivity contribution is 0.310. The van der Waals surface area contributed by atoms with E-state index in [4.69, 9.17) is 0 Å². The summed E-state index contributed by atoms with van der Waals surface area (Å²) in [5.74, 6) is 1.34. The van der Waals surface area contributed by atoms with Gasteiger partial charge in [-0.1, -0.05) is 136 Å². The predicted molar refractivity (Wildman–Crippen MR) is 203 cm³/mol. The van der Waals surface area contributed by atoms with E-state index in [1.165, 1.54) is 44.9 Å². The average Bonchev–Trinajstić information content (AvgIpc) is 3.58. The Morgan fingerprint density at radius 3 is 2.33 bits per heavy atom. The Bertz CT molecular complexity index is 1950. The molecule has 2 aromatic carbocycles. The number of fused-ring (bicyclic) bond motifs is 5. The molecule has 48 heavy (non-hydrogen) atoms. The fourth-order valence-corrected chi connectivity index (χ4v) is 9.58. The summed E-state index contributed by atoms with van der Waals surface area (Å²) in [6.07, 6.45) is 42.3. The van der Waals surface area contributed by atoms with Crippen LogP contribution >= 0.6 is 0 Å². The first-order chi connectivity index (χ1) is 23.5. The van der Waals surface area contributed by atoms with Crippen LogP contribution in [-0.4, -0.2) is 23.0 Å². The Labute approximate surface area is 286 Å². The number of benzene rings is 2. The van der Waals surface area contributed by atoms with E-state index in [0.717, 1.165) is 25.7 Å². The molecule has 0 spiro atoms. The van der Waals surface area contributed by atoms with Gasteiger partial charge in [0.05, 0.1) is 18.1 Å². The van der Waals surface area contributed by atoms with Crippen LogP contribution in [0.3, 0.4) is 0 Å². The molecule has 1 saturated heterocycles. The van der Waals surface area contributed by atoms with Gasteiger partial charge >= 0.3 is 0 Å². The normalized spacial score (nSPS) is 30.2. The van der Waals surface area contributed by atoms with Crippen molar-refractivity contribution in [3.05, 3.63) is 168 Å². The molecule has 2 nitrogen and oxygen atoms in total. The van der Waals surface area contributed by atoms with E-state index in [2.05, 4.69) is 170 Å². The molecule has 0 N–H and O–H groups in total. The molecule has 0 bridgehead atoms. The number of hydrogen-bond donors (Lipinski definition) is 0. The third-order valence-electron chi connectivity index (χ3n) is 12.1. The van der Waals surface area contributed by atoms with Crippen LogP contribution < -0.4 is 4.90 Å². The van der Waals surface area contributed by atoms with Crippen molar-refractivity contribution in [3.63, 3.8) is 0 Å². The SMILES string of the molecule is CC1C=CC=CC1N(c1ccc(C2=CC3C4C=CC=CC4N(C4=CCCC=C4)C3C=C2)cc1)c1ccc2c(c1)C(C)(C)C1=C2C=CCC1. The van der Waals surface area contributed by atoms with Gasteiger partial charge in [-0.15, -0.1) is 0 Å². The number of nitrogens with zero attached hydrogens (tertiary/aromatic N) is 2. The number of hydrogen-bond acceptors (Lipinski definition) is 2. The molecule has 2 heteroatoms. The molecule has 1 heterocycles. The maximum Gasteiger partial charge on any atom is 0.0585 e. The fourth-order valence-electron chi connectivity index (χ4n) is 9.58. The zero-order valence-corrected chi connectivity index (χ0v) is 28.5. The Morgan fingerprint density at radius 2 is 1.50 bits per heavy atom. The van der Waals surface area contributed by atoms with Gasteiger partial charge in [-0.3, -0.25) is 0 Å². The molecule has 9 rings (SSSR count). The Hall–Kier alpha value is -4.56. The molecular formula is C46H46N2. The third kappa shape index (κ3) is 4.67. The first kappa shape index (κ1) is 29.6. The van der Waals surface area contributed by atoms with E-state index in [-0.39, 0.29) is 11.5 Å². The molecule has 240 valence electrons. The summed E-state index contributed by atoms with van der Waals surface area (Å²) in [5, 5.41) is 0. The topological polar surface area (TPSA) is 6.48 Å². The van der Waals surface area contributed by atoms with Gasteiger partial charge in [0.2, 0.25) is 0 Å². The summed E-state index contributed by atoms with van der Waals surface area (Å²) in [6.45, 7) is 7.19. The number of anilines is 2. The first-order valence-corrected chi connectivity index (χ1v) is 18.2. The Kier molecular flexibility index (Phi) is 7.11. The van der Waals surface area contributed by atoms with Crippen molar-refractivity contribution in [2.24, 2.45) is 17.8 Å². The number of likely N-dealkylation sites (tertiary alicyclic amines) is 1. The molecule has 1 fully saturated rings. The Balaban J connectivity index is 1.05. The molecule has 0 saturated carbocycles. The quantitative estimate of drug-likeness (QED) is 0.326. The van der Waals surface area contributed by atoms with Gasteiger partial charge < -0.3 is 9.80 Å². The molecule has 0 radical (unpaired) electrons. The van der Waals surface area contributed by atoms with E-state index in [1.807, 2.05) is 0 Å². The van der Waals surface area contributed by atoms with Crippen LogP contribution in [0.2, 0.25) is 0 Å². The number of rotatable bonds is 5. The lowest BCUT2D eigenvalue weighted by Crippen LogP contribution is -2.35. The summed E-state index contributed by atoms with van der Waals surface area (Å²) < 4.78 is 0. The van der Waals surface area contributed by atoms with Gasteiger partial charge in [0, 0.05) is 34.3 Å². The zero-order chi connectivity index (χ0) is 32.4. The predicted octanol–water partition coefficient (Wildman–Crippen LogP) is 10.9. The van der Waals surface area contributed by atoms with Crippen LogP contribution in [0.25, 0.3) is 11.1 Å². The zero-order valence-electron chi connectivity index (χ0n) is 28.5. The molecule has 7 aliphatic rings. The molecule has 0 amide bonds. The van der Waals surface area contributed by atoms with Gasteiger partial charge in [0.1, 0.15) is 0 Å². The molecule has 6 atom stereocenters. The maximum atomic E-state index is 2.67. The molecule has 1 aliphatic heterocycles. The smallest absolute Gasteiger partial charge is 0.0585 e. The van der Waals surface area contributed by atoms with E-state index in [0.29, 0.717) is 29.8 Å². The van der Waals surface area contributed by atoms with E-state index in [9.17, 15) is 0 Å². The minimum Gasteiger partial charge on any atom is -0.358 e. The van der Waals surface area contributed by atoms with Gasteiger partial charge in [0.25, 0.3) is 0 Å². The van der Waals surface area contributed by atoms with Gasteiger partial charge in [-0.2, -0.15) is 0 Å². The first-order valence-electron chi connectivity index (χ1n) is 18.2. The van der Waals surface area contributed by atoms with Gasteiger partial charge in [-0.05, 0) is 89.8 Å². The van der Waals surface area contributed by atoms with Crippen LogP contribution in [0.1, 0.15) is 63.1 Å². The van der Waals surface area contributed by atoms with Gasteiger partial charge in [-0.25, -0.2) is 0 Å². The van der Waals surface area contributed by atoms with E-state index < -0.39 is 0 Å². The summed E-state index contributed by atoms with van der Waals surface area (Å²) in [7, 11) is 0. The Morgan fingerprint density at radius 1 is 0.729 bits per heavy atom. The minimum atomic E-state index is 0.0501. The lowest BCUT2D eigenvalue weighted by atomic mass is 9.78. The highest BCUT2D eigenvalue weighted by Gasteiger charge is 2.46. The van der Waals surface area contributed by atoms with Crippen molar-refractivity contribution in [2.75, 3.05) is 4.90 Å². The lowest BCUT2D eigenvalue weighted by Gasteiger charge is -2.37. The van der Waals surface area contributed by atoms with Crippen LogP contribution in [0.15, 0.2) is 151 Å². The van der Waals surface area contributed by atoms with Crippen molar-refractivity contribution in [1.82, 2.24) is 4.90 Å². The largest absolute Gasteiger partial charge is 0.358 e. The maximum absolute atomic E-state index is 2.67. The van der Waals surface area contributed by atoms with E-state index in [1.54, 1.807) is 5.57 Å². The molecule has 6 aliphatic carbocycles. The standard InChI is InChI=1S/C46H46N2/c1-31-13-7-11-19-43(31)47(36-26-27-38-37-16-8-10-18-41(37)46(2,3)42(38)30-36)35-24-21-32(22-25-35)33-23-28-45-40(29-33)39-17-9-12-20-44(39)48(45)34-14-5-4-6-15-34/h5,7-9,11-17,19-31,39-40,43-45H,4,6,10,18H2,1-3H3. The summed E-state index contributed by atoms with van der Waals surface area (Å²) in [4.78, 5) is 5.24. The summed E-state index contributed by atoms with van der Waals surface area (Å²) >= 11 is 0. The van der Waals surface area contributed by atoms with Crippen LogP contribution in [0.5, 0.6) is 0 Å². The van der Waals surface area contributed by atoms with Crippen molar-refractivity contribution < 1.29 is 0 Å². The fraction of sp³-hybridized carbons (Fsp3) is 0.304. The summed E-state index contributed by atoms with van der Waals surface area (Å²) in [5.41, 5.74) is 12.5. The van der Waals surface area contributed by atoms with Crippen molar-refractivity contribution in [3.8, 4) is 0 Å². The highest BCUT2D eigenvalue weighted by molar-refractivity contribution is 5.88. The molecule has 2 aromatic rings. The summed E-state index contributed by atoms with van der Waals surface area (Å²) in [6, 6.07) is 17.7. The van der Waals surface area contributed by atoms with Crippen LogP contribution in [0, 0.1) is 17.8 Å². The second-order valence-electron chi connectivity index (χ2n) is 15.1. The van der Waals surface area contributed by atoms with Crippen LogP contribution in [-0.2, 0) is 5.41 Å². The number of allylic oxidation sites excluding steroid dienone is 13. The monoisotopic (exact) mass is 626 g/mol. The van der Waals surface area contributed by atoms with Crippen molar-refractivity contribution in [2.45, 2.75) is 70.0 Å². The highest BCUT2D eigenvalue weighted by Crippen LogP contribution is 2.52. The van der Waals surface area contributed by atoms with Gasteiger partial charge in [0.15, 0.2) is 0 Å². The molecule has 6 unspecified atom stereocenters. The second-order valence-corrected chi connectivity index (χ2v) is 15.1. The van der Waals surface area contributed by atoms with Crippen molar-refractivity contribution in [1.29, 1.82) is 0 Å². The minimum absolute atomic E-state index is 0.0501.